The molecule has 296 valence electrons. The van der Waals surface area contributed by atoms with Crippen molar-refractivity contribution in [2.45, 2.75) is 176 Å². The molecule has 8 heteroatoms. The maximum Gasteiger partial charge on any atom is 0.283 e. The molecule has 4 atom stereocenters. The molecule has 2 aromatic rings. The fraction of sp³-hybridized carbons (Fsp3) is 0.689. The number of benzene rings is 2. The minimum Gasteiger partial charge on any atom is -0.632 e. The Kier molecular flexibility index (Phi) is 14.4. The Balaban J connectivity index is 1.54. The smallest absolute Gasteiger partial charge is 0.283 e. The predicted molar refractivity (Wildman–Crippen MR) is 221 cm³/mol. The van der Waals surface area contributed by atoms with Gasteiger partial charge in [0.25, 0.3) is 11.8 Å². The average Bonchev–Trinajstić information content (AvgIpc) is 3.07. The van der Waals surface area contributed by atoms with Crippen LogP contribution in [-0.4, -0.2) is 59.4 Å². The van der Waals surface area contributed by atoms with Crippen LogP contribution < -0.4 is 10.6 Å². The highest BCUT2D eigenvalue weighted by atomic mass is 16.6. The molecule has 0 spiro atoms. The van der Waals surface area contributed by atoms with Gasteiger partial charge < -0.3 is 30.3 Å². The molecule has 2 aliphatic rings. The molecule has 2 amide bonds. The molecule has 2 saturated heterocycles. The number of hydroxylamine groups is 6. The molecular weight excluding hydrogens is 661 g/mol. The quantitative estimate of drug-likeness (QED) is 0.149. The van der Waals surface area contributed by atoms with E-state index in [4.69, 9.17) is 0 Å². The maximum atomic E-state index is 14.6. The normalized spacial score (nSPS) is 23.8. The first kappa shape index (κ1) is 43.0. The van der Waals surface area contributed by atoms with E-state index in [9.17, 15) is 20.0 Å². The zero-order chi connectivity index (χ0) is 39.4. The average molecular weight is 733 g/mol. The molecule has 0 unspecified atom stereocenters. The van der Waals surface area contributed by atoms with E-state index in [2.05, 4.69) is 118 Å². The standard InChI is InChI=1S/C45H72N4O4/c1-28(2)34-24-36(30(5)6)42(37(25-34)31(7)8)46-44(50)40-18-13-15-20-48(40,52)22-17-23-49(53)21-16-14-19-41(49)45(51)47-43-38(32(9)10)26-35(29(3)4)27-39(43)33(11)12/h24-33,40-41H,13-23H2,1-12H3,(H,46,50)(H,47,51)/t40-,41-,48+,49+/m0/s1. The predicted octanol–water partition coefficient (Wildman–Crippen LogP) is 11.1. The van der Waals surface area contributed by atoms with Crippen molar-refractivity contribution in [3.63, 3.8) is 0 Å². The summed E-state index contributed by atoms with van der Waals surface area (Å²) >= 11 is 0. The number of hydrogen-bond acceptors (Lipinski definition) is 4. The van der Waals surface area contributed by atoms with Crippen LogP contribution in [0.5, 0.6) is 0 Å². The first-order valence-electron chi connectivity index (χ1n) is 20.9. The maximum absolute atomic E-state index is 14.6. The van der Waals surface area contributed by atoms with Crippen molar-refractivity contribution >= 4 is 23.2 Å². The number of rotatable bonds is 14. The van der Waals surface area contributed by atoms with E-state index < -0.39 is 21.4 Å². The van der Waals surface area contributed by atoms with Gasteiger partial charge >= 0.3 is 0 Å². The van der Waals surface area contributed by atoms with Crippen LogP contribution >= 0.6 is 0 Å². The number of carbonyl (C=O) groups is 2. The highest BCUT2D eigenvalue weighted by Crippen LogP contribution is 2.39. The van der Waals surface area contributed by atoms with Crippen molar-refractivity contribution in [3.8, 4) is 0 Å². The first-order valence-corrected chi connectivity index (χ1v) is 20.9. The van der Waals surface area contributed by atoms with E-state index in [1.165, 1.54) is 11.1 Å². The largest absolute Gasteiger partial charge is 0.632 e. The second-order valence-electron chi connectivity index (χ2n) is 18.2. The van der Waals surface area contributed by atoms with Gasteiger partial charge in [0.2, 0.25) is 0 Å². The van der Waals surface area contributed by atoms with E-state index in [0.717, 1.165) is 59.3 Å². The molecule has 4 rings (SSSR count). The number of quaternary nitrogens is 2. The van der Waals surface area contributed by atoms with Gasteiger partial charge in [0.1, 0.15) is 0 Å². The van der Waals surface area contributed by atoms with Gasteiger partial charge in [0.15, 0.2) is 12.1 Å². The van der Waals surface area contributed by atoms with Crippen LogP contribution in [0.4, 0.5) is 11.4 Å². The molecule has 0 radical (unpaired) electrons. The summed E-state index contributed by atoms with van der Waals surface area (Å²) in [5, 5.41) is 35.8. The van der Waals surface area contributed by atoms with Crippen molar-refractivity contribution in [1.82, 2.24) is 0 Å². The molecule has 53 heavy (non-hydrogen) atoms. The summed E-state index contributed by atoms with van der Waals surface area (Å²) in [6.07, 6.45) is 4.62. The molecule has 2 heterocycles. The van der Waals surface area contributed by atoms with E-state index in [1.54, 1.807) is 0 Å². The van der Waals surface area contributed by atoms with E-state index >= 15 is 0 Å². The third kappa shape index (κ3) is 9.91. The van der Waals surface area contributed by atoms with Crippen molar-refractivity contribution in [3.05, 3.63) is 68.1 Å². The third-order valence-corrected chi connectivity index (χ3v) is 12.1. The van der Waals surface area contributed by atoms with Gasteiger partial charge in [-0.25, -0.2) is 0 Å². The fourth-order valence-corrected chi connectivity index (χ4v) is 8.66. The summed E-state index contributed by atoms with van der Waals surface area (Å²) in [5.74, 6) is 1.13. The Bertz CT molecular complexity index is 1410. The lowest BCUT2D eigenvalue weighted by Gasteiger charge is -2.53. The lowest BCUT2D eigenvalue weighted by Crippen LogP contribution is -2.61. The Hall–Kier alpha value is -2.78. The Morgan fingerprint density at radius 1 is 0.547 bits per heavy atom. The molecule has 2 aliphatic heterocycles. The number of nitrogens with one attached hydrogen (secondary N) is 2. The van der Waals surface area contributed by atoms with Crippen molar-refractivity contribution in [2.24, 2.45) is 0 Å². The van der Waals surface area contributed by atoms with Gasteiger partial charge in [0.05, 0.1) is 26.2 Å². The number of anilines is 2. The lowest BCUT2D eigenvalue weighted by molar-refractivity contribution is -0.919. The van der Waals surface area contributed by atoms with Crippen LogP contribution in [-0.2, 0) is 9.59 Å². The van der Waals surface area contributed by atoms with Gasteiger partial charge in [-0.05, 0) is 94.6 Å². The third-order valence-electron chi connectivity index (χ3n) is 12.1. The summed E-state index contributed by atoms with van der Waals surface area (Å²) in [6.45, 7) is 27.1. The minimum absolute atomic E-state index is 0.195. The molecule has 2 aromatic carbocycles. The topological polar surface area (TPSA) is 104 Å². The van der Waals surface area contributed by atoms with Crippen LogP contribution in [0.1, 0.15) is 197 Å². The zero-order valence-corrected chi connectivity index (χ0v) is 35.2. The van der Waals surface area contributed by atoms with Crippen LogP contribution in [0.15, 0.2) is 24.3 Å². The van der Waals surface area contributed by atoms with Gasteiger partial charge in [-0.1, -0.05) is 107 Å². The fourth-order valence-electron chi connectivity index (χ4n) is 8.66. The number of amides is 2. The second-order valence-corrected chi connectivity index (χ2v) is 18.2. The van der Waals surface area contributed by atoms with Crippen molar-refractivity contribution < 1.29 is 18.9 Å². The van der Waals surface area contributed by atoms with Crippen LogP contribution in [0.3, 0.4) is 0 Å². The monoisotopic (exact) mass is 733 g/mol. The second kappa shape index (κ2) is 17.8. The zero-order valence-electron chi connectivity index (χ0n) is 35.2. The number of piperidine rings is 2. The first-order chi connectivity index (χ1) is 24.8. The van der Waals surface area contributed by atoms with E-state index in [-0.39, 0.29) is 48.6 Å². The number of nitrogens with zero attached hydrogens (tertiary/aromatic N) is 2. The summed E-state index contributed by atoms with van der Waals surface area (Å²) in [4.78, 5) is 28.3. The molecule has 2 fully saturated rings. The minimum atomic E-state index is -0.730. The van der Waals surface area contributed by atoms with Crippen molar-refractivity contribution in [2.75, 3.05) is 36.8 Å². The Morgan fingerprint density at radius 2 is 0.849 bits per heavy atom. The Labute approximate surface area is 321 Å². The summed E-state index contributed by atoms with van der Waals surface area (Å²) in [6, 6.07) is 7.40. The van der Waals surface area contributed by atoms with Gasteiger partial charge in [0, 0.05) is 30.6 Å². The lowest BCUT2D eigenvalue weighted by atomic mass is 9.87. The molecular formula is C45H72N4O4. The summed E-state index contributed by atoms with van der Waals surface area (Å²) in [7, 11) is 0. The van der Waals surface area contributed by atoms with Crippen molar-refractivity contribution in [1.29, 1.82) is 0 Å². The van der Waals surface area contributed by atoms with Crippen LogP contribution in [0.25, 0.3) is 0 Å². The summed E-state index contributed by atoms with van der Waals surface area (Å²) < 4.78 is -1.23. The molecule has 2 N–H and O–H groups in total. The molecule has 8 nitrogen and oxygen atoms in total. The molecule has 0 bridgehead atoms. The van der Waals surface area contributed by atoms with E-state index in [0.29, 0.717) is 44.2 Å². The Morgan fingerprint density at radius 3 is 1.11 bits per heavy atom. The van der Waals surface area contributed by atoms with Crippen LogP contribution in [0.2, 0.25) is 0 Å². The molecule has 0 aliphatic carbocycles. The number of hydrogen-bond donors (Lipinski definition) is 2. The number of likely N-dealkylation sites (tertiary alicyclic amines) is 2. The molecule has 0 aromatic heterocycles. The van der Waals surface area contributed by atoms with Gasteiger partial charge in [-0.15, -0.1) is 0 Å². The van der Waals surface area contributed by atoms with Crippen LogP contribution in [0, 0.1) is 10.4 Å². The SMILES string of the molecule is CC(C)c1cc(C(C)C)c(NC(=O)[C@@H]2CCCC[N@@+]2([O-])CCC[N@+]2([O-])CCCC[C@H]2C(=O)Nc2c(C(C)C)cc(C(C)C)cc2C(C)C)c(C(C)C)c1. The summed E-state index contributed by atoms with van der Waals surface area (Å²) in [5.41, 5.74) is 8.65. The van der Waals surface area contributed by atoms with E-state index in [1.807, 2.05) is 0 Å². The number of carbonyl (C=O) groups excluding carboxylic acids is 2. The van der Waals surface area contributed by atoms with Gasteiger partial charge in [-0.2, -0.15) is 0 Å². The molecule has 0 saturated carbocycles. The highest BCUT2D eigenvalue weighted by molar-refractivity contribution is 5.96. The highest BCUT2D eigenvalue weighted by Gasteiger charge is 2.41. The van der Waals surface area contributed by atoms with Gasteiger partial charge in [-0.3, -0.25) is 9.59 Å².